The molecule has 4 nitrogen and oxygen atoms in total. The van der Waals surface area contributed by atoms with Crippen molar-refractivity contribution in [3.8, 4) is 0 Å². The summed E-state index contributed by atoms with van der Waals surface area (Å²) in [5.41, 5.74) is 5.29. The SMILES string of the molecule is CC(C(N)=S)N1C(=O)C2C(C1=O)C2(C)C. The third-order valence-electron chi connectivity index (χ3n) is 3.63. The van der Waals surface area contributed by atoms with Crippen LogP contribution in [0.3, 0.4) is 0 Å². The zero-order valence-electron chi connectivity index (χ0n) is 8.98. The highest BCUT2D eigenvalue weighted by Gasteiger charge is 2.73. The summed E-state index contributed by atoms with van der Waals surface area (Å²) in [6.45, 7) is 5.58. The second-order valence-corrected chi connectivity index (χ2v) is 5.37. The quantitative estimate of drug-likeness (QED) is 0.543. The zero-order valence-corrected chi connectivity index (χ0v) is 9.80. The Morgan fingerprint density at radius 1 is 1.40 bits per heavy atom. The zero-order chi connectivity index (χ0) is 11.5. The standard InChI is InChI=1S/C10H14N2O2S/c1-4(7(11)15)12-8(13)5-6(9(12)14)10(5,2)3/h4-6H,1-3H3,(H2,11,15). The van der Waals surface area contributed by atoms with Crippen molar-refractivity contribution in [2.75, 3.05) is 0 Å². The highest BCUT2D eigenvalue weighted by molar-refractivity contribution is 7.80. The molecule has 2 N–H and O–H groups in total. The van der Waals surface area contributed by atoms with E-state index in [1.165, 1.54) is 4.90 Å². The van der Waals surface area contributed by atoms with Crippen molar-refractivity contribution in [2.45, 2.75) is 26.8 Å². The van der Waals surface area contributed by atoms with Crippen LogP contribution in [0.4, 0.5) is 0 Å². The highest BCUT2D eigenvalue weighted by Crippen LogP contribution is 2.63. The largest absolute Gasteiger partial charge is 0.392 e. The fourth-order valence-electron chi connectivity index (χ4n) is 2.48. The summed E-state index contributed by atoms with van der Waals surface area (Å²) in [7, 11) is 0. The Morgan fingerprint density at radius 3 is 2.13 bits per heavy atom. The fourth-order valence-corrected chi connectivity index (χ4v) is 2.58. The molecule has 0 radical (unpaired) electrons. The van der Waals surface area contributed by atoms with Crippen LogP contribution in [0.1, 0.15) is 20.8 Å². The number of carbonyl (C=O) groups excluding carboxylic acids is 2. The van der Waals surface area contributed by atoms with Crippen LogP contribution >= 0.6 is 12.2 Å². The molecule has 15 heavy (non-hydrogen) atoms. The van der Waals surface area contributed by atoms with Crippen molar-refractivity contribution in [2.24, 2.45) is 23.0 Å². The van der Waals surface area contributed by atoms with Gasteiger partial charge in [0.1, 0.15) is 0 Å². The minimum absolute atomic E-state index is 0.115. The predicted molar refractivity (Wildman–Crippen MR) is 58.9 cm³/mol. The Hall–Kier alpha value is -0.970. The number of carbonyl (C=O) groups is 2. The van der Waals surface area contributed by atoms with Crippen molar-refractivity contribution < 1.29 is 9.59 Å². The van der Waals surface area contributed by atoms with Gasteiger partial charge in [-0.15, -0.1) is 0 Å². The van der Waals surface area contributed by atoms with Crippen molar-refractivity contribution in [1.29, 1.82) is 0 Å². The van der Waals surface area contributed by atoms with E-state index in [2.05, 4.69) is 0 Å². The lowest BCUT2D eigenvalue weighted by atomic mass is 10.0. The Kier molecular flexibility index (Phi) is 1.96. The molecule has 5 heteroatoms. The van der Waals surface area contributed by atoms with E-state index in [0.29, 0.717) is 0 Å². The van der Waals surface area contributed by atoms with E-state index in [0.717, 1.165) is 0 Å². The molecule has 1 heterocycles. The first-order valence-corrected chi connectivity index (χ1v) is 5.37. The molecular formula is C10H14N2O2S. The van der Waals surface area contributed by atoms with Gasteiger partial charge in [0.25, 0.3) is 0 Å². The van der Waals surface area contributed by atoms with Crippen LogP contribution in [-0.4, -0.2) is 27.7 Å². The average Bonchev–Trinajstić information content (AvgIpc) is 2.55. The number of imide groups is 1. The number of rotatable bonds is 2. The van der Waals surface area contributed by atoms with Gasteiger partial charge >= 0.3 is 0 Å². The second-order valence-electron chi connectivity index (χ2n) is 4.90. The number of fused-ring (bicyclic) bond motifs is 1. The maximum atomic E-state index is 11.9. The molecule has 3 unspecified atom stereocenters. The van der Waals surface area contributed by atoms with Crippen LogP contribution < -0.4 is 5.73 Å². The van der Waals surface area contributed by atoms with E-state index < -0.39 is 6.04 Å². The second kappa shape index (κ2) is 2.78. The lowest BCUT2D eigenvalue weighted by molar-refractivity contribution is -0.143. The van der Waals surface area contributed by atoms with Gasteiger partial charge < -0.3 is 5.73 Å². The van der Waals surface area contributed by atoms with Gasteiger partial charge in [-0.1, -0.05) is 26.1 Å². The molecule has 1 saturated carbocycles. The smallest absolute Gasteiger partial charge is 0.234 e. The molecule has 82 valence electrons. The fraction of sp³-hybridized carbons (Fsp3) is 0.700. The summed E-state index contributed by atoms with van der Waals surface area (Å²) in [6.07, 6.45) is 0. The predicted octanol–water partition coefficient (Wildman–Crippen LogP) is 0.302. The van der Waals surface area contributed by atoms with E-state index in [1.807, 2.05) is 13.8 Å². The van der Waals surface area contributed by atoms with Gasteiger partial charge in [-0.05, 0) is 12.3 Å². The first-order valence-electron chi connectivity index (χ1n) is 4.96. The van der Waals surface area contributed by atoms with E-state index in [9.17, 15) is 9.59 Å². The molecule has 2 amide bonds. The third-order valence-corrected chi connectivity index (χ3v) is 3.97. The third kappa shape index (κ3) is 1.16. The van der Waals surface area contributed by atoms with Crippen LogP contribution in [0.25, 0.3) is 0 Å². The minimum atomic E-state index is -0.455. The van der Waals surface area contributed by atoms with Crippen LogP contribution in [0.2, 0.25) is 0 Å². The minimum Gasteiger partial charge on any atom is -0.392 e. The number of likely N-dealkylation sites (tertiary alicyclic amines) is 1. The summed E-state index contributed by atoms with van der Waals surface area (Å²) in [6, 6.07) is -0.455. The van der Waals surface area contributed by atoms with Gasteiger partial charge in [0.15, 0.2) is 0 Å². The molecule has 0 aromatic heterocycles. The number of nitrogens with two attached hydrogens (primary N) is 1. The molecule has 1 aliphatic carbocycles. The van der Waals surface area contributed by atoms with Crippen LogP contribution in [0.15, 0.2) is 0 Å². The average molecular weight is 226 g/mol. The highest BCUT2D eigenvalue weighted by atomic mass is 32.1. The topological polar surface area (TPSA) is 63.4 Å². The number of piperidine rings is 1. The van der Waals surface area contributed by atoms with E-state index >= 15 is 0 Å². The van der Waals surface area contributed by atoms with Gasteiger partial charge in [0, 0.05) is 0 Å². The Labute approximate surface area is 93.8 Å². The molecule has 1 aliphatic heterocycles. The van der Waals surface area contributed by atoms with Gasteiger partial charge in [-0.2, -0.15) is 0 Å². The van der Waals surface area contributed by atoms with Crippen LogP contribution in [0, 0.1) is 17.3 Å². The maximum absolute atomic E-state index is 11.9. The summed E-state index contributed by atoms with van der Waals surface area (Å²) in [5.74, 6) is -0.533. The monoisotopic (exact) mass is 226 g/mol. The number of nitrogens with zero attached hydrogens (tertiary/aromatic N) is 1. The van der Waals surface area contributed by atoms with E-state index in [4.69, 9.17) is 18.0 Å². The summed E-state index contributed by atoms with van der Waals surface area (Å²) in [5, 5.41) is 0. The number of hydrogen-bond donors (Lipinski definition) is 1. The van der Waals surface area contributed by atoms with Crippen molar-refractivity contribution >= 4 is 29.0 Å². The molecule has 1 saturated heterocycles. The molecule has 0 aromatic rings. The lowest BCUT2D eigenvalue weighted by Crippen LogP contribution is -2.48. The van der Waals surface area contributed by atoms with Gasteiger partial charge in [-0.3, -0.25) is 14.5 Å². The molecule has 0 spiro atoms. The lowest BCUT2D eigenvalue weighted by Gasteiger charge is -2.25. The number of amides is 2. The van der Waals surface area contributed by atoms with Crippen LogP contribution in [0.5, 0.6) is 0 Å². The summed E-state index contributed by atoms with van der Waals surface area (Å²) in [4.78, 5) is 25.2. The van der Waals surface area contributed by atoms with E-state index in [1.54, 1.807) is 6.92 Å². The van der Waals surface area contributed by atoms with Gasteiger partial charge in [0.05, 0.1) is 22.9 Å². The molecule has 2 aliphatic rings. The first-order chi connectivity index (χ1) is 6.80. The van der Waals surface area contributed by atoms with Crippen molar-refractivity contribution in [3.63, 3.8) is 0 Å². The van der Waals surface area contributed by atoms with Gasteiger partial charge in [-0.25, -0.2) is 0 Å². The Balaban J connectivity index is 2.25. The molecular weight excluding hydrogens is 212 g/mol. The molecule has 0 bridgehead atoms. The molecule has 0 aromatic carbocycles. The Bertz CT molecular complexity index is 354. The molecule has 2 fully saturated rings. The first kappa shape index (κ1) is 10.5. The van der Waals surface area contributed by atoms with Crippen molar-refractivity contribution in [3.05, 3.63) is 0 Å². The van der Waals surface area contributed by atoms with E-state index in [-0.39, 0.29) is 34.1 Å². The molecule has 2 rings (SSSR count). The number of hydrogen-bond acceptors (Lipinski definition) is 3. The van der Waals surface area contributed by atoms with Crippen molar-refractivity contribution in [1.82, 2.24) is 4.90 Å². The summed E-state index contributed by atoms with van der Waals surface area (Å²) < 4.78 is 0. The van der Waals surface area contributed by atoms with Gasteiger partial charge in [0.2, 0.25) is 11.8 Å². The Morgan fingerprint density at radius 2 is 1.80 bits per heavy atom. The summed E-state index contributed by atoms with van der Waals surface area (Å²) >= 11 is 4.80. The number of thiocarbonyl (C=S) groups is 1. The normalized spacial score (nSPS) is 33.9. The van der Waals surface area contributed by atoms with Crippen LogP contribution in [-0.2, 0) is 9.59 Å². The maximum Gasteiger partial charge on any atom is 0.234 e. The molecule has 3 atom stereocenters.